The summed E-state index contributed by atoms with van der Waals surface area (Å²) in [6.07, 6.45) is 2.51. The van der Waals surface area contributed by atoms with Crippen molar-refractivity contribution >= 4 is 16.8 Å². The zero-order chi connectivity index (χ0) is 19.7. The number of rotatable bonds is 5. The van der Waals surface area contributed by atoms with Gasteiger partial charge in [-0.3, -0.25) is 9.78 Å². The van der Waals surface area contributed by atoms with Gasteiger partial charge in [0, 0.05) is 11.6 Å². The molecule has 1 aliphatic carbocycles. The first-order chi connectivity index (χ1) is 13.6. The Morgan fingerprint density at radius 2 is 2.04 bits per heavy atom. The molecule has 0 saturated heterocycles. The zero-order valence-corrected chi connectivity index (χ0v) is 15.4. The van der Waals surface area contributed by atoms with Gasteiger partial charge in [-0.25, -0.2) is 4.39 Å². The van der Waals surface area contributed by atoms with Gasteiger partial charge in [-0.15, -0.1) is 0 Å². The van der Waals surface area contributed by atoms with Crippen LogP contribution in [0.15, 0.2) is 54.7 Å². The van der Waals surface area contributed by atoms with E-state index in [4.69, 9.17) is 4.74 Å². The highest BCUT2D eigenvalue weighted by molar-refractivity contribution is 5.97. The molecular formula is C22H21FN2O3. The molecule has 0 bridgehead atoms. The topological polar surface area (TPSA) is 71.5 Å². The summed E-state index contributed by atoms with van der Waals surface area (Å²) in [4.78, 5) is 17.4. The Morgan fingerprint density at radius 1 is 1.25 bits per heavy atom. The third kappa shape index (κ3) is 3.43. The van der Waals surface area contributed by atoms with Crippen LogP contribution in [0.25, 0.3) is 10.9 Å². The molecule has 0 spiro atoms. The van der Waals surface area contributed by atoms with Crippen LogP contribution in [0, 0.1) is 11.7 Å². The Hall–Kier alpha value is -2.99. The van der Waals surface area contributed by atoms with Crippen molar-refractivity contribution in [3.63, 3.8) is 0 Å². The van der Waals surface area contributed by atoms with Gasteiger partial charge in [0.15, 0.2) is 0 Å². The summed E-state index contributed by atoms with van der Waals surface area (Å²) < 4.78 is 19.5. The maximum absolute atomic E-state index is 14.3. The molecule has 1 aliphatic rings. The van der Waals surface area contributed by atoms with Crippen LogP contribution in [0.5, 0.6) is 5.75 Å². The molecule has 0 unspecified atom stereocenters. The third-order valence-corrected chi connectivity index (χ3v) is 5.30. The van der Waals surface area contributed by atoms with Gasteiger partial charge in [0.2, 0.25) is 0 Å². The summed E-state index contributed by atoms with van der Waals surface area (Å²) in [6, 6.07) is 13.6. The lowest BCUT2D eigenvalue weighted by atomic mass is 9.75. The van der Waals surface area contributed by atoms with Crippen molar-refractivity contribution in [3.8, 4) is 5.75 Å². The second-order valence-electron chi connectivity index (χ2n) is 7.11. The van der Waals surface area contributed by atoms with E-state index >= 15 is 0 Å². The molecule has 0 aliphatic heterocycles. The first kappa shape index (κ1) is 18.4. The van der Waals surface area contributed by atoms with E-state index in [1.807, 2.05) is 30.3 Å². The smallest absolute Gasteiger partial charge is 0.258 e. The predicted molar refractivity (Wildman–Crippen MR) is 104 cm³/mol. The highest BCUT2D eigenvalue weighted by Gasteiger charge is 2.36. The number of aliphatic hydroxyl groups is 1. The van der Waals surface area contributed by atoms with Crippen molar-refractivity contribution in [1.29, 1.82) is 0 Å². The van der Waals surface area contributed by atoms with Gasteiger partial charge in [0.25, 0.3) is 5.91 Å². The van der Waals surface area contributed by atoms with Gasteiger partial charge in [-0.2, -0.15) is 0 Å². The molecule has 5 nitrogen and oxygen atoms in total. The Kier molecular flexibility index (Phi) is 4.96. The van der Waals surface area contributed by atoms with Crippen LogP contribution in [-0.4, -0.2) is 29.2 Å². The second-order valence-corrected chi connectivity index (χ2v) is 7.11. The van der Waals surface area contributed by atoms with Gasteiger partial charge in [-0.1, -0.05) is 24.3 Å². The molecule has 1 fully saturated rings. The van der Waals surface area contributed by atoms with E-state index in [9.17, 15) is 14.3 Å². The molecular weight excluding hydrogens is 359 g/mol. The maximum Gasteiger partial charge on any atom is 0.258 e. The molecule has 1 heterocycles. The number of aromatic nitrogens is 1. The van der Waals surface area contributed by atoms with E-state index in [1.54, 1.807) is 12.3 Å². The number of pyridine rings is 1. The van der Waals surface area contributed by atoms with Gasteiger partial charge >= 0.3 is 0 Å². The minimum absolute atomic E-state index is 0.0553. The lowest BCUT2D eigenvalue weighted by molar-refractivity contribution is 0.0234. The number of benzene rings is 2. The number of ether oxygens (including phenoxy) is 1. The molecule has 0 radical (unpaired) electrons. The standard InChI is InChI=1S/C22H21FN2O3/c1-28-19-8-4-6-17(23)20(19)22(27)25-21(14-10-16(26)11-14)15-9-13-5-2-3-7-18(13)24-12-15/h2-9,12,14,16,21,26H,10-11H2,1H3,(H,25,27)/t14?,16?,21-/m1/s1. The van der Waals surface area contributed by atoms with Gasteiger partial charge in [-0.05, 0) is 48.6 Å². The number of hydrogen-bond acceptors (Lipinski definition) is 4. The number of fused-ring (bicyclic) bond motifs is 1. The summed E-state index contributed by atoms with van der Waals surface area (Å²) in [5.41, 5.74) is 1.57. The monoisotopic (exact) mass is 380 g/mol. The Morgan fingerprint density at radius 3 is 2.79 bits per heavy atom. The van der Waals surface area contributed by atoms with Crippen molar-refractivity contribution in [2.45, 2.75) is 25.0 Å². The summed E-state index contributed by atoms with van der Waals surface area (Å²) in [5.74, 6) is -0.948. The van der Waals surface area contributed by atoms with E-state index < -0.39 is 11.7 Å². The highest BCUT2D eigenvalue weighted by Crippen LogP contribution is 2.39. The Bertz CT molecular complexity index is 1020. The Balaban J connectivity index is 1.68. The number of nitrogens with one attached hydrogen (secondary N) is 1. The van der Waals surface area contributed by atoms with Crippen LogP contribution in [0.3, 0.4) is 0 Å². The number of hydrogen-bond donors (Lipinski definition) is 2. The van der Waals surface area contributed by atoms with Crippen LogP contribution >= 0.6 is 0 Å². The molecule has 4 rings (SSSR count). The third-order valence-electron chi connectivity index (χ3n) is 5.30. The van der Waals surface area contributed by atoms with Crippen LogP contribution in [0.1, 0.15) is 34.8 Å². The molecule has 28 heavy (non-hydrogen) atoms. The van der Waals surface area contributed by atoms with Crippen molar-refractivity contribution in [2.24, 2.45) is 5.92 Å². The average molecular weight is 380 g/mol. The van der Waals surface area contributed by atoms with Crippen LogP contribution in [0.4, 0.5) is 4.39 Å². The van der Waals surface area contributed by atoms with E-state index in [0.29, 0.717) is 12.8 Å². The fraction of sp³-hybridized carbons (Fsp3) is 0.273. The van der Waals surface area contributed by atoms with Crippen molar-refractivity contribution in [2.75, 3.05) is 7.11 Å². The second kappa shape index (κ2) is 7.56. The quantitative estimate of drug-likeness (QED) is 0.709. The van der Waals surface area contributed by atoms with E-state index in [1.165, 1.54) is 19.2 Å². The number of aliphatic hydroxyl groups excluding tert-OH is 1. The summed E-state index contributed by atoms with van der Waals surface area (Å²) >= 11 is 0. The van der Waals surface area contributed by atoms with Crippen molar-refractivity contribution in [3.05, 3.63) is 71.7 Å². The molecule has 1 saturated carbocycles. The molecule has 1 atom stereocenters. The van der Waals surface area contributed by atoms with E-state index in [2.05, 4.69) is 10.3 Å². The van der Waals surface area contributed by atoms with Crippen molar-refractivity contribution < 1.29 is 19.0 Å². The molecule has 1 amide bonds. The normalized spacial score (nSPS) is 19.7. The number of amides is 1. The van der Waals surface area contributed by atoms with Crippen molar-refractivity contribution in [1.82, 2.24) is 10.3 Å². The molecule has 3 aromatic rings. The van der Waals surface area contributed by atoms with E-state index in [0.717, 1.165) is 16.5 Å². The first-order valence-electron chi connectivity index (χ1n) is 9.23. The molecule has 2 N–H and O–H groups in total. The largest absolute Gasteiger partial charge is 0.496 e. The van der Waals surface area contributed by atoms with Gasteiger partial charge in [0.05, 0.1) is 24.8 Å². The van der Waals surface area contributed by atoms with Gasteiger partial charge in [0.1, 0.15) is 17.1 Å². The van der Waals surface area contributed by atoms with Crippen LogP contribution in [0.2, 0.25) is 0 Å². The first-order valence-corrected chi connectivity index (χ1v) is 9.23. The number of para-hydroxylation sites is 1. The SMILES string of the molecule is COc1cccc(F)c1C(=O)N[C@@H](c1cnc2ccccc2c1)C1CC(O)C1. The molecule has 2 aromatic carbocycles. The number of carbonyl (C=O) groups is 1. The fourth-order valence-electron chi connectivity index (χ4n) is 3.74. The van der Waals surface area contributed by atoms with Crippen LogP contribution < -0.4 is 10.1 Å². The number of halogens is 1. The average Bonchev–Trinajstić information content (AvgIpc) is 2.69. The number of nitrogens with zero attached hydrogens (tertiary/aromatic N) is 1. The number of carbonyl (C=O) groups excluding carboxylic acids is 1. The van der Waals surface area contributed by atoms with E-state index in [-0.39, 0.29) is 29.4 Å². The predicted octanol–water partition coefficient (Wildman–Crippen LogP) is 3.62. The molecule has 6 heteroatoms. The lowest BCUT2D eigenvalue weighted by Gasteiger charge is -2.38. The summed E-state index contributed by atoms with van der Waals surface area (Å²) in [6.45, 7) is 0. The lowest BCUT2D eigenvalue weighted by Crippen LogP contribution is -2.41. The minimum atomic E-state index is -0.638. The molecule has 1 aromatic heterocycles. The van der Waals surface area contributed by atoms with Gasteiger partial charge < -0.3 is 15.2 Å². The minimum Gasteiger partial charge on any atom is -0.496 e. The van der Waals surface area contributed by atoms with Crippen LogP contribution in [-0.2, 0) is 0 Å². The summed E-state index contributed by atoms with van der Waals surface area (Å²) in [7, 11) is 1.40. The fourth-order valence-corrected chi connectivity index (χ4v) is 3.74. The maximum atomic E-state index is 14.3. The molecule has 144 valence electrons. The Labute approximate surface area is 162 Å². The highest BCUT2D eigenvalue weighted by atomic mass is 19.1. The number of methoxy groups -OCH3 is 1. The zero-order valence-electron chi connectivity index (χ0n) is 15.4. The summed E-state index contributed by atoms with van der Waals surface area (Å²) in [5, 5.41) is 13.7.